The Morgan fingerprint density at radius 2 is 2.41 bits per heavy atom. The van der Waals surface area contributed by atoms with Gasteiger partial charge in [-0.25, -0.2) is 4.79 Å². The van der Waals surface area contributed by atoms with Crippen LogP contribution in [-0.4, -0.2) is 45.5 Å². The van der Waals surface area contributed by atoms with Gasteiger partial charge in [0.25, 0.3) is 0 Å². The molecule has 0 saturated heterocycles. The summed E-state index contributed by atoms with van der Waals surface area (Å²) < 4.78 is 0. The molecule has 1 aliphatic heterocycles. The summed E-state index contributed by atoms with van der Waals surface area (Å²) in [7, 11) is 0. The summed E-state index contributed by atoms with van der Waals surface area (Å²) in [6.07, 6.45) is 7.08. The van der Waals surface area contributed by atoms with Crippen molar-refractivity contribution < 1.29 is 14.7 Å². The monoisotopic (exact) mass is 238 g/mol. The third-order valence-corrected chi connectivity index (χ3v) is 1.68. The molecule has 1 aromatic heterocycles. The van der Waals surface area contributed by atoms with Gasteiger partial charge in [0, 0.05) is 12.4 Å². The molecule has 0 aromatic carbocycles. The van der Waals surface area contributed by atoms with E-state index in [0.29, 0.717) is 6.61 Å². The maximum Gasteiger partial charge on any atom is 0.412 e. The van der Waals surface area contributed by atoms with Crippen molar-refractivity contribution in [2.75, 3.05) is 13.3 Å². The van der Waals surface area contributed by atoms with E-state index in [9.17, 15) is 4.79 Å². The average Bonchev–Trinajstić information content (AvgIpc) is 2.84. The first-order chi connectivity index (χ1) is 8.24. The fourth-order valence-corrected chi connectivity index (χ4v) is 0.973. The zero-order valence-corrected chi connectivity index (χ0v) is 9.43. The first-order valence-electron chi connectivity index (χ1n) is 5.03. The Balaban J connectivity index is 0.000000171. The number of hydrogen-bond donors (Lipinski definition) is 1. The van der Waals surface area contributed by atoms with E-state index in [1.165, 1.54) is 11.0 Å². The van der Waals surface area contributed by atoms with E-state index in [1.807, 2.05) is 13.0 Å². The predicted octanol–water partition coefficient (Wildman–Crippen LogP) is 0.854. The van der Waals surface area contributed by atoms with Crippen LogP contribution in [0.4, 0.5) is 4.79 Å². The summed E-state index contributed by atoms with van der Waals surface area (Å²) >= 11 is 0. The lowest BCUT2D eigenvalue weighted by Crippen LogP contribution is -2.25. The van der Waals surface area contributed by atoms with Crippen molar-refractivity contribution in [3.05, 3.63) is 30.7 Å². The quantitative estimate of drug-likeness (QED) is 0.828. The van der Waals surface area contributed by atoms with E-state index >= 15 is 0 Å². The number of carboxylic acid groups (broad SMARTS) is 1. The molecule has 1 aliphatic rings. The molecule has 0 saturated carbocycles. The number of amides is 1. The second kappa shape index (κ2) is 7.04. The van der Waals surface area contributed by atoms with Gasteiger partial charge in [0.2, 0.25) is 0 Å². The number of rotatable bonds is 2. The molecule has 92 valence electrons. The third-order valence-electron chi connectivity index (χ3n) is 1.68. The van der Waals surface area contributed by atoms with Crippen LogP contribution in [0.1, 0.15) is 6.92 Å². The Kier molecular flexibility index (Phi) is 5.29. The lowest BCUT2D eigenvalue weighted by atomic mass is 10.5. The molecule has 0 radical (unpaired) electrons. The summed E-state index contributed by atoms with van der Waals surface area (Å²) in [6.45, 7) is 2.79. The Morgan fingerprint density at radius 3 is 2.82 bits per heavy atom. The zero-order valence-electron chi connectivity index (χ0n) is 9.43. The predicted molar refractivity (Wildman–Crippen MR) is 61.7 cm³/mol. The van der Waals surface area contributed by atoms with E-state index in [0.717, 1.165) is 4.90 Å². The van der Waals surface area contributed by atoms with Gasteiger partial charge in [-0.3, -0.25) is 9.89 Å². The molecule has 1 amide bonds. The lowest BCUT2D eigenvalue weighted by Gasteiger charge is -2.12. The number of hydrogen-bond acceptors (Lipinski definition) is 4. The van der Waals surface area contributed by atoms with Crippen molar-refractivity contribution in [2.24, 2.45) is 4.99 Å². The van der Waals surface area contributed by atoms with Crippen LogP contribution >= 0.6 is 0 Å². The van der Waals surface area contributed by atoms with Gasteiger partial charge in [-0.1, -0.05) is 0 Å². The average molecular weight is 238 g/mol. The van der Waals surface area contributed by atoms with Crippen LogP contribution in [0.25, 0.3) is 0 Å². The highest BCUT2D eigenvalue weighted by Gasteiger charge is 2.06. The number of nitrogens with zero attached hydrogens (tertiary/aromatic N) is 4. The van der Waals surface area contributed by atoms with Gasteiger partial charge in [-0.15, -0.1) is 9.94 Å². The maximum atomic E-state index is 10.2. The summed E-state index contributed by atoms with van der Waals surface area (Å²) in [4.78, 5) is 21.3. The summed E-state index contributed by atoms with van der Waals surface area (Å²) in [5.74, 6) is 0. The molecular weight excluding hydrogens is 224 g/mol. The Hall–Kier alpha value is -2.31. The molecule has 7 nitrogen and oxygen atoms in total. The number of aliphatic imine (C=N–C) groups is 1. The van der Waals surface area contributed by atoms with Crippen LogP contribution in [0.2, 0.25) is 0 Å². The van der Waals surface area contributed by atoms with Crippen molar-refractivity contribution in [2.45, 2.75) is 6.92 Å². The van der Waals surface area contributed by atoms with Gasteiger partial charge in [0.1, 0.15) is 13.3 Å². The zero-order chi connectivity index (χ0) is 12.5. The lowest BCUT2D eigenvalue weighted by molar-refractivity contribution is 0.0927. The molecule has 0 bridgehead atoms. The van der Waals surface area contributed by atoms with Gasteiger partial charge in [-0.05, 0) is 19.1 Å². The minimum absolute atomic E-state index is 0.214. The molecule has 0 fully saturated rings. The molecule has 7 heteroatoms. The van der Waals surface area contributed by atoms with Gasteiger partial charge < -0.3 is 9.94 Å². The summed E-state index contributed by atoms with van der Waals surface area (Å²) in [5.41, 5.74) is 0. The van der Waals surface area contributed by atoms with Gasteiger partial charge >= 0.3 is 6.09 Å². The van der Waals surface area contributed by atoms with E-state index in [2.05, 4.69) is 10.1 Å². The fourth-order valence-electron chi connectivity index (χ4n) is 0.973. The summed E-state index contributed by atoms with van der Waals surface area (Å²) in [6, 6.07) is 1.82. The van der Waals surface area contributed by atoms with Crippen LogP contribution in [0, 0.1) is 0 Å². The molecule has 1 N–H and O–H groups in total. The summed E-state index contributed by atoms with van der Waals surface area (Å²) in [5, 5.41) is 12.1. The second-order valence-corrected chi connectivity index (χ2v) is 2.89. The van der Waals surface area contributed by atoms with Gasteiger partial charge in [-0.2, -0.15) is 0 Å². The maximum absolute atomic E-state index is 10.2. The van der Waals surface area contributed by atoms with E-state index in [1.54, 1.807) is 24.7 Å². The van der Waals surface area contributed by atoms with Crippen LogP contribution in [0.15, 0.2) is 35.7 Å². The Labute approximate surface area is 98.6 Å². The minimum Gasteiger partial charge on any atom is -0.465 e. The van der Waals surface area contributed by atoms with E-state index in [4.69, 9.17) is 9.94 Å². The minimum atomic E-state index is -0.969. The van der Waals surface area contributed by atoms with Crippen molar-refractivity contribution in [1.29, 1.82) is 0 Å². The van der Waals surface area contributed by atoms with Crippen LogP contribution in [-0.2, 0) is 0 Å². The molecule has 2 rings (SSSR count). The number of allylic oxidation sites excluding steroid dienone is 1. The van der Waals surface area contributed by atoms with Crippen molar-refractivity contribution in [3.8, 4) is 0 Å². The van der Waals surface area contributed by atoms with Crippen LogP contribution in [0.5, 0.6) is 0 Å². The highest BCUT2D eigenvalue weighted by molar-refractivity contribution is 5.75. The molecule has 0 spiro atoms. The normalized spacial score (nSPS) is 12.9. The molecule has 2 heterocycles. The highest BCUT2D eigenvalue weighted by atomic mass is 16.7. The number of aromatic nitrogens is 2. The molecule has 1 aromatic rings. The standard InChI is InChI=1S/C5H6N2O2.C5H8N2O/c8-5(9)7-3-1-2-6-4-7;1-2-8-7-5-3-4-6-7/h1-3H,4H2,(H,8,9);3-5H,2H2,1H3. The molecular formula is C10H14N4O3. The largest absolute Gasteiger partial charge is 0.465 e. The number of carbonyl (C=O) groups is 1. The van der Waals surface area contributed by atoms with E-state index < -0.39 is 6.09 Å². The van der Waals surface area contributed by atoms with Crippen molar-refractivity contribution in [1.82, 2.24) is 14.8 Å². The first kappa shape index (κ1) is 12.8. The highest BCUT2D eigenvalue weighted by Crippen LogP contribution is 1.94. The molecule has 17 heavy (non-hydrogen) atoms. The molecule has 0 aliphatic carbocycles. The smallest absolute Gasteiger partial charge is 0.412 e. The SMILES string of the molecule is CCOn1cccn1.O=C(O)N1C=CC=NC1. The topological polar surface area (TPSA) is 80.0 Å². The van der Waals surface area contributed by atoms with Gasteiger partial charge in [0.05, 0.1) is 12.4 Å². The van der Waals surface area contributed by atoms with Crippen LogP contribution < -0.4 is 4.84 Å². The molecule has 0 atom stereocenters. The van der Waals surface area contributed by atoms with Crippen molar-refractivity contribution >= 4 is 12.3 Å². The Morgan fingerprint density at radius 1 is 1.59 bits per heavy atom. The van der Waals surface area contributed by atoms with Crippen molar-refractivity contribution in [3.63, 3.8) is 0 Å². The van der Waals surface area contributed by atoms with E-state index in [-0.39, 0.29) is 6.67 Å². The molecule has 0 unspecified atom stereocenters. The fraction of sp³-hybridized carbons (Fsp3) is 0.300. The Bertz CT molecular complexity index is 386. The second-order valence-electron chi connectivity index (χ2n) is 2.89. The third kappa shape index (κ3) is 4.83. The van der Waals surface area contributed by atoms with Crippen LogP contribution in [0.3, 0.4) is 0 Å². The van der Waals surface area contributed by atoms with Gasteiger partial charge in [0.15, 0.2) is 0 Å². The first-order valence-corrected chi connectivity index (χ1v) is 5.03.